The number of rotatable bonds is 1. The van der Waals surface area contributed by atoms with Gasteiger partial charge in [0, 0.05) is 19.7 Å². The van der Waals surface area contributed by atoms with E-state index < -0.39 is 0 Å². The van der Waals surface area contributed by atoms with Gasteiger partial charge < -0.3 is 4.90 Å². The molecule has 2 aliphatic heterocycles. The Morgan fingerprint density at radius 3 is 2.94 bits per heavy atom. The number of carbonyl (C=O) groups is 1. The molecule has 0 atom stereocenters. The van der Waals surface area contributed by atoms with E-state index in [0.717, 1.165) is 5.57 Å². The zero-order valence-electron chi connectivity index (χ0n) is 8.84. The van der Waals surface area contributed by atoms with Gasteiger partial charge in [-0.3, -0.25) is 4.79 Å². The van der Waals surface area contributed by atoms with Crippen molar-refractivity contribution >= 4 is 64.0 Å². The summed E-state index contributed by atoms with van der Waals surface area (Å²) < 4.78 is 1.71. The first-order valence-corrected chi connectivity index (χ1v) is 5.64. The van der Waals surface area contributed by atoms with Crippen molar-refractivity contribution in [2.45, 2.75) is 6.54 Å². The Hall–Kier alpha value is -0.630. The molecule has 1 aromatic rings. The van der Waals surface area contributed by atoms with Gasteiger partial charge >= 0.3 is 29.6 Å². The van der Waals surface area contributed by atoms with Crippen LogP contribution in [0.2, 0.25) is 0 Å². The predicted molar refractivity (Wildman–Crippen MR) is 69.3 cm³/mol. The van der Waals surface area contributed by atoms with E-state index in [0.29, 0.717) is 24.2 Å². The average molecular weight is 259 g/mol. The summed E-state index contributed by atoms with van der Waals surface area (Å²) in [7, 11) is 3.74. The zero-order valence-corrected chi connectivity index (χ0v) is 9.65. The summed E-state index contributed by atoms with van der Waals surface area (Å²) in [6.07, 6.45) is 0. The third kappa shape index (κ3) is 2.08. The van der Waals surface area contributed by atoms with Crippen LogP contribution in [0.4, 0.5) is 11.9 Å². The number of aromatic nitrogens is 3. The molecule has 0 amide bonds. The Kier molecular flexibility index (Phi) is 3.44. The minimum atomic E-state index is -0.00402. The van der Waals surface area contributed by atoms with Crippen molar-refractivity contribution in [1.29, 1.82) is 0 Å². The molecule has 0 saturated heterocycles. The molecule has 6 nitrogen and oxygen atoms in total. The number of thioether (sulfide) groups is 1. The molecule has 1 aromatic heterocycles. The van der Waals surface area contributed by atoms with Crippen molar-refractivity contribution in [3.05, 3.63) is 11.0 Å². The fourth-order valence-corrected chi connectivity index (χ4v) is 2.28. The van der Waals surface area contributed by atoms with Gasteiger partial charge in [-0.25, -0.2) is 9.67 Å². The number of hydrogen-bond donors (Lipinski definition) is 0. The van der Waals surface area contributed by atoms with Crippen LogP contribution >= 0.6 is 11.8 Å². The summed E-state index contributed by atoms with van der Waals surface area (Å²) in [5, 5.41) is 6.13. The normalized spacial score (nSPS) is 16.7. The van der Waals surface area contributed by atoms with E-state index in [9.17, 15) is 4.79 Å². The Morgan fingerprint density at radius 1 is 1.47 bits per heavy atom. The van der Waals surface area contributed by atoms with E-state index >= 15 is 0 Å². The minimum absolute atomic E-state index is 0. The summed E-state index contributed by atoms with van der Waals surface area (Å²) in [4.78, 5) is 21.8. The molecule has 0 spiro atoms. The number of aliphatic imine (C=N–C) groups is 1. The Balaban J connectivity index is 0.00000108. The van der Waals surface area contributed by atoms with Gasteiger partial charge in [0.1, 0.15) is 5.71 Å². The summed E-state index contributed by atoms with van der Waals surface area (Å²) in [6.45, 7) is 0.577. The molecule has 3 rings (SSSR count). The summed E-state index contributed by atoms with van der Waals surface area (Å²) in [5.41, 5.74) is 1.45. The van der Waals surface area contributed by atoms with E-state index in [2.05, 4.69) is 15.1 Å². The molecule has 0 N–H and O–H groups in total. The first kappa shape index (κ1) is 12.8. The second-order valence-electron chi connectivity index (χ2n) is 3.77. The number of nitrogens with zero attached hydrogens (tertiary/aromatic N) is 5. The Morgan fingerprint density at radius 2 is 2.24 bits per heavy atom. The van der Waals surface area contributed by atoms with Crippen LogP contribution in [-0.4, -0.2) is 69.2 Å². The molecule has 8 heteroatoms. The van der Waals surface area contributed by atoms with Crippen LogP contribution in [0.5, 0.6) is 0 Å². The molecule has 3 heterocycles. The molecule has 0 saturated carbocycles. The Bertz CT molecular complexity index is 548. The van der Waals surface area contributed by atoms with Crippen LogP contribution in [-0.2, 0) is 11.3 Å². The van der Waals surface area contributed by atoms with E-state index in [-0.39, 0.29) is 34.7 Å². The quantitative estimate of drug-likeness (QED) is 0.661. The molecule has 0 unspecified atom stereocenters. The van der Waals surface area contributed by atoms with E-state index in [1.54, 1.807) is 4.68 Å². The van der Waals surface area contributed by atoms with Gasteiger partial charge in [0.25, 0.3) is 5.95 Å². The first-order chi connectivity index (χ1) is 7.65. The molecular formula is C9H10N5NaOS. The SMILES string of the molecule is CN(C)c1nc2n(n1)CC1=CSC(=O)C1=N2.[NaH]. The molecule has 0 aromatic carbocycles. The van der Waals surface area contributed by atoms with Gasteiger partial charge in [0.2, 0.25) is 11.1 Å². The fraction of sp³-hybridized carbons (Fsp3) is 0.333. The maximum absolute atomic E-state index is 11.5. The molecule has 84 valence electrons. The molecular weight excluding hydrogens is 249 g/mol. The van der Waals surface area contributed by atoms with Crippen molar-refractivity contribution in [1.82, 2.24) is 14.8 Å². The Labute approximate surface area is 124 Å². The third-order valence-electron chi connectivity index (χ3n) is 2.38. The second-order valence-corrected chi connectivity index (χ2v) is 4.61. The number of carbonyl (C=O) groups excluding carboxylic acids is 1. The number of hydrogen-bond acceptors (Lipinski definition) is 6. The van der Waals surface area contributed by atoms with Crippen LogP contribution < -0.4 is 4.90 Å². The van der Waals surface area contributed by atoms with E-state index in [1.165, 1.54) is 11.8 Å². The van der Waals surface area contributed by atoms with Gasteiger partial charge in [-0.1, -0.05) is 11.8 Å². The van der Waals surface area contributed by atoms with Crippen LogP contribution in [0.1, 0.15) is 0 Å². The number of allylic oxidation sites excluding steroid dienone is 1. The zero-order chi connectivity index (χ0) is 11.3. The maximum atomic E-state index is 11.5. The number of anilines is 1. The van der Waals surface area contributed by atoms with Gasteiger partial charge in [-0.15, -0.1) is 5.10 Å². The monoisotopic (exact) mass is 259 g/mol. The number of fused-ring (bicyclic) bond motifs is 2. The molecule has 0 radical (unpaired) electrons. The van der Waals surface area contributed by atoms with Gasteiger partial charge in [0.15, 0.2) is 0 Å². The standard InChI is InChI=1S/C9H9N5OS.Na.H/c1-13(2)9-11-8-10-6-5(3-14(8)12-9)4-16-7(6)15;;/h4H,3H2,1-2H3;;. The van der Waals surface area contributed by atoms with Gasteiger partial charge in [-0.05, 0) is 5.41 Å². The topological polar surface area (TPSA) is 63.4 Å². The summed E-state index contributed by atoms with van der Waals surface area (Å²) >= 11 is 1.18. The molecule has 0 fully saturated rings. The van der Waals surface area contributed by atoms with Crippen LogP contribution in [0.25, 0.3) is 0 Å². The van der Waals surface area contributed by atoms with Gasteiger partial charge in [0.05, 0.1) is 6.54 Å². The summed E-state index contributed by atoms with van der Waals surface area (Å²) in [6, 6.07) is 0. The van der Waals surface area contributed by atoms with Crippen LogP contribution in [0.3, 0.4) is 0 Å². The van der Waals surface area contributed by atoms with Crippen LogP contribution in [0.15, 0.2) is 16.0 Å². The first-order valence-electron chi connectivity index (χ1n) is 4.76. The van der Waals surface area contributed by atoms with Crippen molar-refractivity contribution in [3.8, 4) is 0 Å². The molecule has 2 aliphatic rings. The van der Waals surface area contributed by atoms with Crippen molar-refractivity contribution in [2.24, 2.45) is 4.99 Å². The van der Waals surface area contributed by atoms with Crippen molar-refractivity contribution < 1.29 is 4.79 Å². The molecule has 17 heavy (non-hydrogen) atoms. The van der Waals surface area contributed by atoms with E-state index in [4.69, 9.17) is 0 Å². The van der Waals surface area contributed by atoms with Crippen molar-refractivity contribution in [3.63, 3.8) is 0 Å². The predicted octanol–water partition coefficient (Wildman–Crippen LogP) is -0.0610. The van der Waals surface area contributed by atoms with Crippen LogP contribution in [0, 0.1) is 0 Å². The third-order valence-corrected chi connectivity index (χ3v) is 3.19. The average Bonchev–Trinajstić information content (AvgIpc) is 2.80. The van der Waals surface area contributed by atoms with E-state index in [1.807, 2.05) is 24.4 Å². The second kappa shape index (κ2) is 4.56. The van der Waals surface area contributed by atoms with Crippen molar-refractivity contribution in [2.75, 3.05) is 19.0 Å². The molecule has 0 aliphatic carbocycles. The summed E-state index contributed by atoms with van der Waals surface area (Å²) in [5.74, 6) is 1.12. The van der Waals surface area contributed by atoms with Gasteiger partial charge in [-0.2, -0.15) is 4.98 Å². The fourth-order valence-electron chi connectivity index (χ4n) is 1.56. The molecule has 0 bridgehead atoms.